The minimum absolute atomic E-state index is 0.240. The Morgan fingerprint density at radius 2 is 2.11 bits per heavy atom. The topological polar surface area (TPSA) is 52.9 Å². The first-order valence-corrected chi connectivity index (χ1v) is 6.07. The first kappa shape index (κ1) is 13.5. The van der Waals surface area contributed by atoms with Crippen molar-refractivity contribution in [2.45, 2.75) is 26.7 Å². The highest BCUT2D eigenvalue weighted by molar-refractivity contribution is 5.98. The van der Waals surface area contributed by atoms with Gasteiger partial charge in [-0.25, -0.2) is 8.78 Å². The monoisotopic (exact) mass is 264 g/mol. The van der Waals surface area contributed by atoms with Crippen molar-refractivity contribution in [2.75, 3.05) is 5.32 Å². The summed E-state index contributed by atoms with van der Waals surface area (Å²) in [6.45, 7) is 3.41. The summed E-state index contributed by atoms with van der Waals surface area (Å²) in [5.74, 6) is -1.99. The fourth-order valence-corrected chi connectivity index (χ4v) is 2.46. The maximum Gasteiger partial charge on any atom is 0.245 e. The number of rotatable bonds is 2. The molecule has 19 heavy (non-hydrogen) atoms. The van der Waals surface area contributed by atoms with E-state index < -0.39 is 28.6 Å². The van der Waals surface area contributed by atoms with E-state index in [-0.39, 0.29) is 11.5 Å². The van der Waals surface area contributed by atoms with E-state index in [1.54, 1.807) is 0 Å². The Balaban J connectivity index is 2.26. The van der Waals surface area contributed by atoms with E-state index in [9.17, 15) is 13.6 Å². The lowest BCUT2D eigenvalue weighted by molar-refractivity contribution is -0.128. The van der Waals surface area contributed by atoms with Crippen molar-refractivity contribution in [2.24, 2.45) is 11.3 Å². The molecule has 0 saturated heterocycles. The summed E-state index contributed by atoms with van der Waals surface area (Å²) >= 11 is 0. The highest BCUT2D eigenvalue weighted by atomic mass is 19.1. The van der Waals surface area contributed by atoms with Crippen LogP contribution in [0.3, 0.4) is 0 Å². The van der Waals surface area contributed by atoms with Gasteiger partial charge in [-0.1, -0.05) is 13.0 Å². The highest BCUT2D eigenvalue weighted by Crippen LogP contribution is 2.45. The van der Waals surface area contributed by atoms with Crippen LogP contribution in [0.5, 0.6) is 0 Å². The third-order valence-corrected chi connectivity index (χ3v) is 3.57. The number of nitrogens with zero attached hydrogens (tertiary/aromatic N) is 1. The molecule has 0 bridgehead atoms. The van der Waals surface area contributed by atoms with Gasteiger partial charge in [0, 0.05) is 0 Å². The van der Waals surface area contributed by atoms with Gasteiger partial charge in [-0.15, -0.1) is 0 Å². The summed E-state index contributed by atoms with van der Waals surface area (Å²) in [7, 11) is 0. The molecule has 2 rings (SSSR count). The molecule has 1 aliphatic carbocycles. The minimum atomic E-state index is -1.15. The number of halogens is 2. The van der Waals surface area contributed by atoms with Gasteiger partial charge in [0.1, 0.15) is 16.9 Å². The lowest BCUT2D eigenvalue weighted by Gasteiger charge is -2.39. The smallest absolute Gasteiger partial charge is 0.245 e. The second-order valence-electron chi connectivity index (χ2n) is 5.21. The normalized spacial score (nSPS) is 25.3. The predicted molar refractivity (Wildman–Crippen MR) is 66.2 cm³/mol. The zero-order valence-electron chi connectivity index (χ0n) is 10.8. The van der Waals surface area contributed by atoms with E-state index in [2.05, 4.69) is 5.32 Å². The van der Waals surface area contributed by atoms with Gasteiger partial charge in [0.15, 0.2) is 5.82 Å². The molecule has 5 heteroatoms. The van der Waals surface area contributed by atoms with Crippen LogP contribution in [-0.2, 0) is 4.79 Å². The number of nitrogens with one attached hydrogen (secondary N) is 1. The molecule has 1 amide bonds. The van der Waals surface area contributed by atoms with Crippen molar-refractivity contribution < 1.29 is 13.6 Å². The number of benzene rings is 1. The Morgan fingerprint density at radius 1 is 1.47 bits per heavy atom. The molecule has 100 valence electrons. The van der Waals surface area contributed by atoms with Crippen LogP contribution >= 0.6 is 0 Å². The summed E-state index contributed by atoms with van der Waals surface area (Å²) in [5, 5.41) is 11.3. The fourth-order valence-electron chi connectivity index (χ4n) is 2.46. The first-order valence-electron chi connectivity index (χ1n) is 6.07. The SMILES string of the molecule is Cc1ccc(F)c(NC(=O)C2(C#N)CC(C)C2)c1F. The molecule has 0 aromatic heterocycles. The Labute approximate surface area is 110 Å². The van der Waals surface area contributed by atoms with Gasteiger partial charge in [0.25, 0.3) is 0 Å². The van der Waals surface area contributed by atoms with Crippen molar-refractivity contribution in [1.29, 1.82) is 5.26 Å². The van der Waals surface area contributed by atoms with Crippen molar-refractivity contribution in [3.63, 3.8) is 0 Å². The summed E-state index contributed by atoms with van der Waals surface area (Å²) in [6.07, 6.45) is 0.842. The molecule has 1 aromatic rings. The quantitative estimate of drug-likeness (QED) is 0.892. The van der Waals surface area contributed by atoms with Crippen LogP contribution in [0.4, 0.5) is 14.5 Å². The van der Waals surface area contributed by atoms with Crippen LogP contribution in [-0.4, -0.2) is 5.91 Å². The van der Waals surface area contributed by atoms with E-state index in [1.807, 2.05) is 13.0 Å². The maximum atomic E-state index is 13.8. The zero-order chi connectivity index (χ0) is 14.2. The second-order valence-corrected chi connectivity index (χ2v) is 5.21. The van der Waals surface area contributed by atoms with E-state index in [0.29, 0.717) is 12.8 Å². The summed E-state index contributed by atoms with van der Waals surface area (Å²) in [5.41, 5.74) is -1.38. The lowest BCUT2D eigenvalue weighted by Crippen LogP contribution is -2.45. The summed E-state index contributed by atoms with van der Waals surface area (Å²) in [6, 6.07) is 4.35. The minimum Gasteiger partial charge on any atom is -0.320 e. The fraction of sp³-hybridized carbons (Fsp3) is 0.429. The van der Waals surface area contributed by atoms with Gasteiger partial charge in [0.2, 0.25) is 5.91 Å². The number of nitriles is 1. The largest absolute Gasteiger partial charge is 0.320 e. The zero-order valence-corrected chi connectivity index (χ0v) is 10.8. The molecule has 0 heterocycles. The van der Waals surface area contributed by atoms with Gasteiger partial charge >= 0.3 is 0 Å². The predicted octanol–water partition coefficient (Wildman–Crippen LogP) is 3.15. The number of carbonyl (C=O) groups excluding carboxylic acids is 1. The molecule has 1 aromatic carbocycles. The van der Waals surface area contributed by atoms with E-state index in [4.69, 9.17) is 5.26 Å². The van der Waals surface area contributed by atoms with Gasteiger partial charge < -0.3 is 5.32 Å². The van der Waals surface area contributed by atoms with Crippen molar-refractivity contribution in [3.8, 4) is 6.07 Å². The standard InChI is InChI=1S/C14H14F2N2O/c1-8-5-14(6-8,7-17)13(19)18-12-10(15)4-3-9(2)11(12)16/h3-4,8H,5-6H2,1-2H3,(H,18,19). The molecule has 1 fully saturated rings. The average Bonchev–Trinajstić information content (AvgIpc) is 2.35. The molecule has 0 unspecified atom stereocenters. The molecule has 1 aliphatic rings. The summed E-state index contributed by atoms with van der Waals surface area (Å²) < 4.78 is 27.3. The highest BCUT2D eigenvalue weighted by Gasteiger charge is 2.49. The number of carbonyl (C=O) groups is 1. The molecule has 0 aliphatic heterocycles. The van der Waals surface area contributed by atoms with E-state index in [1.165, 1.54) is 13.0 Å². The number of aryl methyl sites for hydroxylation is 1. The van der Waals surface area contributed by atoms with Crippen molar-refractivity contribution >= 4 is 11.6 Å². The van der Waals surface area contributed by atoms with Crippen LogP contribution in [0, 0.1) is 41.2 Å². The molecule has 0 atom stereocenters. The van der Waals surface area contributed by atoms with Crippen LogP contribution < -0.4 is 5.32 Å². The Hall–Kier alpha value is -1.96. The van der Waals surface area contributed by atoms with Crippen molar-refractivity contribution in [1.82, 2.24) is 0 Å². The summed E-state index contributed by atoms with van der Waals surface area (Å²) in [4.78, 5) is 12.0. The maximum absolute atomic E-state index is 13.8. The Kier molecular flexibility index (Phi) is 3.27. The third-order valence-electron chi connectivity index (χ3n) is 3.57. The molecule has 0 spiro atoms. The van der Waals surface area contributed by atoms with Crippen LogP contribution in [0.25, 0.3) is 0 Å². The second kappa shape index (κ2) is 4.61. The Morgan fingerprint density at radius 3 is 2.63 bits per heavy atom. The molecule has 3 nitrogen and oxygen atoms in total. The average molecular weight is 264 g/mol. The van der Waals surface area contributed by atoms with Crippen molar-refractivity contribution in [3.05, 3.63) is 29.3 Å². The molecular formula is C14H14F2N2O. The van der Waals surface area contributed by atoms with Gasteiger partial charge in [0.05, 0.1) is 6.07 Å². The third kappa shape index (κ3) is 2.19. The number of hydrogen-bond donors (Lipinski definition) is 1. The number of anilines is 1. The van der Waals surface area contributed by atoms with Crippen LogP contribution in [0.1, 0.15) is 25.3 Å². The number of hydrogen-bond acceptors (Lipinski definition) is 2. The van der Waals surface area contributed by atoms with Gasteiger partial charge in [-0.3, -0.25) is 4.79 Å². The molecule has 1 saturated carbocycles. The molecular weight excluding hydrogens is 250 g/mol. The van der Waals surface area contributed by atoms with Crippen LogP contribution in [0.2, 0.25) is 0 Å². The number of amides is 1. The van der Waals surface area contributed by atoms with Gasteiger partial charge in [-0.05, 0) is 37.3 Å². The van der Waals surface area contributed by atoms with Crippen LogP contribution in [0.15, 0.2) is 12.1 Å². The first-order chi connectivity index (χ1) is 8.89. The Bertz CT molecular complexity index is 572. The molecule has 1 N–H and O–H groups in total. The molecule has 0 radical (unpaired) electrons. The van der Waals surface area contributed by atoms with E-state index >= 15 is 0 Å². The van der Waals surface area contributed by atoms with E-state index in [0.717, 1.165) is 6.07 Å². The lowest BCUT2D eigenvalue weighted by atomic mass is 9.63. The van der Waals surface area contributed by atoms with Gasteiger partial charge in [-0.2, -0.15) is 5.26 Å².